The van der Waals surface area contributed by atoms with E-state index < -0.39 is 0 Å². The van der Waals surface area contributed by atoms with Crippen molar-refractivity contribution in [3.63, 3.8) is 0 Å². The monoisotopic (exact) mass is 281 g/mol. The fourth-order valence-electron chi connectivity index (χ4n) is 3.20. The van der Waals surface area contributed by atoms with E-state index in [1.54, 1.807) is 12.0 Å². The van der Waals surface area contributed by atoms with Gasteiger partial charge in [0.1, 0.15) is 5.82 Å². The average Bonchev–Trinajstić information content (AvgIpc) is 2.49. The van der Waals surface area contributed by atoms with Gasteiger partial charge < -0.3 is 0 Å². The Kier molecular flexibility index (Phi) is 4.10. The predicted octanol–water partition coefficient (Wildman–Crippen LogP) is 6.05. The summed E-state index contributed by atoms with van der Waals surface area (Å²) in [5, 5.41) is 0. The van der Waals surface area contributed by atoms with Gasteiger partial charge >= 0.3 is 0 Å². The molecule has 2 aromatic rings. The molecule has 0 aromatic heterocycles. The minimum atomic E-state index is -0.0948. The second-order valence-corrected chi connectivity index (χ2v) is 6.34. The van der Waals surface area contributed by atoms with E-state index in [2.05, 4.69) is 13.0 Å². The van der Waals surface area contributed by atoms with Crippen molar-refractivity contribution < 1.29 is 4.39 Å². The zero-order valence-corrected chi connectivity index (χ0v) is 12.8. The highest BCUT2D eigenvalue weighted by Gasteiger charge is 2.20. The molecule has 0 heterocycles. The quantitative estimate of drug-likeness (QED) is 0.628. The summed E-state index contributed by atoms with van der Waals surface area (Å²) in [7, 11) is 0. The highest BCUT2D eigenvalue weighted by atomic mass is 19.1. The number of hydrogen-bond acceptors (Lipinski definition) is 0. The standard InChI is InChI=1S/C20H22F/c1-14-3-7-16(8-4-14)18-11-12-19(20(21)13-18)17-9-5-15(2)6-10-17/h5-6,9-13,16H,3-4,7-8H2,1-2H3. The van der Waals surface area contributed by atoms with E-state index in [0.29, 0.717) is 11.5 Å². The summed E-state index contributed by atoms with van der Waals surface area (Å²) in [6.45, 7) is 4.28. The zero-order chi connectivity index (χ0) is 14.8. The lowest BCUT2D eigenvalue weighted by atomic mass is 9.79. The molecule has 1 fully saturated rings. The summed E-state index contributed by atoms with van der Waals surface area (Å²) >= 11 is 0. The first-order chi connectivity index (χ1) is 10.1. The average molecular weight is 281 g/mol. The van der Waals surface area contributed by atoms with Crippen LogP contribution in [0.15, 0.2) is 42.5 Å². The number of hydrogen-bond donors (Lipinski definition) is 0. The van der Waals surface area contributed by atoms with Gasteiger partial charge in [-0.15, -0.1) is 0 Å². The molecule has 109 valence electrons. The van der Waals surface area contributed by atoms with Crippen molar-refractivity contribution in [2.45, 2.75) is 45.4 Å². The molecular formula is C20H22F. The Labute approximate surface area is 127 Å². The third kappa shape index (κ3) is 3.18. The minimum absolute atomic E-state index is 0.0948. The molecule has 1 aliphatic rings. The van der Waals surface area contributed by atoms with E-state index >= 15 is 0 Å². The smallest absolute Gasteiger partial charge is 0.131 e. The molecule has 1 heteroatoms. The van der Waals surface area contributed by atoms with E-state index in [9.17, 15) is 4.39 Å². The van der Waals surface area contributed by atoms with Crippen molar-refractivity contribution in [3.05, 3.63) is 65.3 Å². The topological polar surface area (TPSA) is 0 Å². The number of benzene rings is 2. The van der Waals surface area contributed by atoms with Gasteiger partial charge in [0.2, 0.25) is 0 Å². The summed E-state index contributed by atoms with van der Waals surface area (Å²) in [4.78, 5) is 0. The van der Waals surface area contributed by atoms with Crippen molar-refractivity contribution >= 4 is 0 Å². The molecule has 0 spiro atoms. The van der Waals surface area contributed by atoms with Gasteiger partial charge in [-0.05, 0) is 61.6 Å². The molecule has 2 aromatic carbocycles. The molecular weight excluding hydrogens is 259 g/mol. The molecule has 0 atom stereocenters. The first-order valence-corrected chi connectivity index (χ1v) is 7.81. The second-order valence-electron chi connectivity index (χ2n) is 6.34. The fraction of sp³-hybridized carbons (Fsp3) is 0.350. The van der Waals surface area contributed by atoms with Gasteiger partial charge in [-0.25, -0.2) is 4.39 Å². The maximum Gasteiger partial charge on any atom is 0.131 e. The summed E-state index contributed by atoms with van der Waals surface area (Å²) in [5.74, 6) is 2.01. The SMILES string of the molecule is C[C]1CCC(c2ccc(-c3ccc(C)cc3)c(F)c2)CC1. The van der Waals surface area contributed by atoms with Crippen LogP contribution in [0.5, 0.6) is 0 Å². The molecule has 3 rings (SSSR count). The molecule has 0 amide bonds. The molecule has 0 unspecified atom stereocenters. The van der Waals surface area contributed by atoms with Crippen LogP contribution in [0.1, 0.15) is 49.7 Å². The lowest BCUT2D eigenvalue weighted by Gasteiger charge is -2.26. The Morgan fingerprint density at radius 2 is 1.57 bits per heavy atom. The fourth-order valence-corrected chi connectivity index (χ4v) is 3.20. The first kappa shape index (κ1) is 14.3. The Balaban J connectivity index is 1.84. The lowest BCUT2D eigenvalue weighted by molar-refractivity contribution is 0.470. The summed E-state index contributed by atoms with van der Waals surface area (Å²) in [6, 6.07) is 13.9. The van der Waals surface area contributed by atoms with Crippen LogP contribution in [-0.2, 0) is 0 Å². The molecule has 1 aliphatic carbocycles. The van der Waals surface area contributed by atoms with Gasteiger partial charge in [0.25, 0.3) is 0 Å². The van der Waals surface area contributed by atoms with Crippen LogP contribution in [0.3, 0.4) is 0 Å². The molecule has 0 bridgehead atoms. The first-order valence-electron chi connectivity index (χ1n) is 7.81. The van der Waals surface area contributed by atoms with E-state index in [1.807, 2.05) is 37.3 Å². The van der Waals surface area contributed by atoms with E-state index in [0.717, 1.165) is 24.0 Å². The third-order valence-corrected chi connectivity index (χ3v) is 4.67. The number of halogens is 1. The lowest BCUT2D eigenvalue weighted by Crippen LogP contribution is -2.09. The maximum absolute atomic E-state index is 14.5. The highest BCUT2D eigenvalue weighted by molar-refractivity contribution is 5.64. The molecule has 1 radical (unpaired) electrons. The Hall–Kier alpha value is -1.63. The largest absolute Gasteiger partial charge is 0.206 e. The molecule has 0 N–H and O–H groups in total. The molecule has 0 aliphatic heterocycles. The Morgan fingerprint density at radius 3 is 2.19 bits per heavy atom. The normalized spacial score (nSPS) is 17.1. The number of rotatable bonds is 2. The van der Waals surface area contributed by atoms with Crippen LogP contribution >= 0.6 is 0 Å². The van der Waals surface area contributed by atoms with Crippen LogP contribution in [0.4, 0.5) is 4.39 Å². The van der Waals surface area contributed by atoms with Crippen LogP contribution in [-0.4, -0.2) is 0 Å². The number of aryl methyl sites for hydroxylation is 1. The van der Waals surface area contributed by atoms with Crippen molar-refractivity contribution in [1.82, 2.24) is 0 Å². The van der Waals surface area contributed by atoms with Gasteiger partial charge in [0, 0.05) is 5.56 Å². The highest BCUT2D eigenvalue weighted by Crippen LogP contribution is 2.37. The van der Waals surface area contributed by atoms with Gasteiger partial charge in [-0.1, -0.05) is 48.9 Å². The van der Waals surface area contributed by atoms with Crippen LogP contribution in [0.2, 0.25) is 0 Å². The maximum atomic E-state index is 14.5. The van der Waals surface area contributed by atoms with Gasteiger partial charge in [0.05, 0.1) is 0 Å². The molecule has 0 saturated heterocycles. The van der Waals surface area contributed by atoms with E-state index in [4.69, 9.17) is 0 Å². The van der Waals surface area contributed by atoms with Crippen LogP contribution in [0, 0.1) is 18.7 Å². The molecule has 21 heavy (non-hydrogen) atoms. The summed E-state index contributed by atoms with van der Waals surface area (Å²) in [5.41, 5.74) is 4.02. The predicted molar refractivity (Wildman–Crippen MR) is 86.7 cm³/mol. The minimum Gasteiger partial charge on any atom is -0.206 e. The van der Waals surface area contributed by atoms with Crippen LogP contribution < -0.4 is 0 Å². The zero-order valence-electron chi connectivity index (χ0n) is 12.8. The summed E-state index contributed by atoms with van der Waals surface area (Å²) in [6.07, 6.45) is 4.70. The molecule has 1 saturated carbocycles. The van der Waals surface area contributed by atoms with Crippen LogP contribution in [0.25, 0.3) is 11.1 Å². The van der Waals surface area contributed by atoms with Crippen molar-refractivity contribution in [2.24, 2.45) is 0 Å². The summed E-state index contributed by atoms with van der Waals surface area (Å²) < 4.78 is 14.5. The van der Waals surface area contributed by atoms with Gasteiger partial charge in [-0.3, -0.25) is 0 Å². The van der Waals surface area contributed by atoms with E-state index in [1.165, 1.54) is 18.4 Å². The third-order valence-electron chi connectivity index (χ3n) is 4.67. The van der Waals surface area contributed by atoms with Gasteiger partial charge in [0.15, 0.2) is 0 Å². The van der Waals surface area contributed by atoms with E-state index in [-0.39, 0.29) is 5.82 Å². The van der Waals surface area contributed by atoms with Crippen molar-refractivity contribution in [3.8, 4) is 11.1 Å². The second kappa shape index (κ2) is 6.01. The van der Waals surface area contributed by atoms with Crippen molar-refractivity contribution in [2.75, 3.05) is 0 Å². The Morgan fingerprint density at radius 1 is 0.905 bits per heavy atom. The van der Waals surface area contributed by atoms with Gasteiger partial charge in [-0.2, -0.15) is 0 Å². The van der Waals surface area contributed by atoms with Crippen molar-refractivity contribution in [1.29, 1.82) is 0 Å². The molecule has 0 nitrogen and oxygen atoms in total. The Bertz CT molecular complexity index is 604.